The van der Waals surface area contributed by atoms with Gasteiger partial charge >= 0.3 is 0 Å². The van der Waals surface area contributed by atoms with Gasteiger partial charge in [0.2, 0.25) is 0 Å². The van der Waals surface area contributed by atoms with Crippen molar-refractivity contribution in [3.63, 3.8) is 0 Å². The van der Waals surface area contributed by atoms with Crippen LogP contribution in [0.4, 0.5) is 0 Å². The summed E-state index contributed by atoms with van der Waals surface area (Å²) in [5.74, 6) is 0. The monoisotopic (exact) mass is 262 g/mol. The molecule has 1 aliphatic heterocycles. The Hall–Kier alpha value is -0.900. The van der Waals surface area contributed by atoms with Crippen molar-refractivity contribution in [2.75, 3.05) is 26.7 Å². The molecule has 3 nitrogen and oxygen atoms in total. The van der Waals surface area contributed by atoms with Gasteiger partial charge in [0.15, 0.2) is 0 Å². The maximum absolute atomic E-state index is 5.82. The summed E-state index contributed by atoms with van der Waals surface area (Å²) in [6, 6.07) is 11.1. The van der Waals surface area contributed by atoms with Gasteiger partial charge in [-0.3, -0.25) is 4.90 Å². The van der Waals surface area contributed by atoms with Crippen LogP contribution in [0, 0.1) is 0 Å². The zero-order valence-corrected chi connectivity index (χ0v) is 12.1. The minimum atomic E-state index is -0.0140. The average molecular weight is 262 g/mol. The topological polar surface area (TPSA) is 38.5 Å². The van der Waals surface area contributed by atoms with E-state index in [-0.39, 0.29) is 5.60 Å². The predicted molar refractivity (Wildman–Crippen MR) is 79.1 cm³/mol. The van der Waals surface area contributed by atoms with Gasteiger partial charge in [0, 0.05) is 19.7 Å². The van der Waals surface area contributed by atoms with Crippen LogP contribution < -0.4 is 5.73 Å². The predicted octanol–water partition coefficient (Wildman–Crippen LogP) is 2.58. The highest BCUT2D eigenvalue weighted by atomic mass is 16.5. The number of ether oxygens (including phenoxy) is 1. The fourth-order valence-electron chi connectivity index (χ4n) is 3.07. The number of rotatable bonds is 5. The Balaban J connectivity index is 2.15. The van der Waals surface area contributed by atoms with E-state index in [1.165, 1.54) is 12.0 Å². The number of nitrogens with zero attached hydrogens (tertiary/aromatic N) is 1. The molecule has 1 fully saturated rings. The van der Waals surface area contributed by atoms with Crippen molar-refractivity contribution in [3.8, 4) is 0 Å². The molecule has 0 bridgehead atoms. The van der Waals surface area contributed by atoms with Crippen molar-refractivity contribution in [1.29, 1.82) is 0 Å². The smallest absolute Gasteiger partial charge is 0.0777 e. The molecule has 19 heavy (non-hydrogen) atoms. The molecule has 2 atom stereocenters. The first-order valence-corrected chi connectivity index (χ1v) is 7.23. The number of hydrogen-bond acceptors (Lipinski definition) is 3. The van der Waals surface area contributed by atoms with E-state index in [9.17, 15) is 0 Å². The zero-order chi connectivity index (χ0) is 13.7. The average Bonchev–Trinajstić information content (AvgIpc) is 2.46. The van der Waals surface area contributed by atoms with Gasteiger partial charge in [-0.15, -0.1) is 0 Å². The van der Waals surface area contributed by atoms with Crippen LogP contribution in [0.25, 0.3) is 0 Å². The molecular weight excluding hydrogens is 236 g/mol. The van der Waals surface area contributed by atoms with E-state index >= 15 is 0 Å². The third-order valence-corrected chi connectivity index (χ3v) is 4.25. The molecule has 0 aromatic heterocycles. The molecule has 1 aliphatic rings. The van der Waals surface area contributed by atoms with Crippen LogP contribution in [0.2, 0.25) is 0 Å². The van der Waals surface area contributed by atoms with Gasteiger partial charge in [0.05, 0.1) is 5.60 Å². The second-order valence-corrected chi connectivity index (χ2v) is 5.73. The van der Waals surface area contributed by atoms with Crippen LogP contribution in [-0.2, 0) is 4.74 Å². The minimum Gasteiger partial charge on any atom is -0.377 e. The molecule has 0 saturated carbocycles. The summed E-state index contributed by atoms with van der Waals surface area (Å²) in [6.45, 7) is 5.06. The van der Waals surface area contributed by atoms with E-state index in [0.717, 1.165) is 32.5 Å². The maximum Gasteiger partial charge on any atom is 0.0777 e. The summed E-state index contributed by atoms with van der Waals surface area (Å²) >= 11 is 0. The van der Waals surface area contributed by atoms with Gasteiger partial charge in [-0.05, 0) is 44.8 Å². The van der Waals surface area contributed by atoms with Crippen molar-refractivity contribution < 1.29 is 4.74 Å². The van der Waals surface area contributed by atoms with Crippen LogP contribution >= 0.6 is 0 Å². The molecule has 3 heteroatoms. The first-order valence-electron chi connectivity index (χ1n) is 7.23. The number of piperidine rings is 1. The standard InChI is InChI=1S/C16H26N2O/c1-16(19-2)10-6-12-18(13-16)15(9-11-17)14-7-4-3-5-8-14/h3-5,7-8,15H,6,9-13,17H2,1-2H3. The molecule has 2 N–H and O–H groups in total. The summed E-state index contributed by atoms with van der Waals surface area (Å²) in [5, 5.41) is 0. The lowest BCUT2D eigenvalue weighted by Crippen LogP contribution is -2.48. The highest BCUT2D eigenvalue weighted by Crippen LogP contribution is 2.32. The normalized spacial score (nSPS) is 26.3. The van der Waals surface area contributed by atoms with Gasteiger partial charge in [-0.2, -0.15) is 0 Å². The van der Waals surface area contributed by atoms with Gasteiger partial charge in [0.25, 0.3) is 0 Å². The van der Waals surface area contributed by atoms with E-state index < -0.39 is 0 Å². The number of likely N-dealkylation sites (tertiary alicyclic amines) is 1. The largest absolute Gasteiger partial charge is 0.377 e. The Bertz CT molecular complexity index is 382. The van der Waals surface area contributed by atoms with E-state index in [0.29, 0.717) is 6.04 Å². The summed E-state index contributed by atoms with van der Waals surface area (Å²) in [4.78, 5) is 2.54. The highest BCUT2D eigenvalue weighted by Gasteiger charge is 2.34. The molecule has 2 rings (SSSR count). The molecule has 1 aromatic carbocycles. The molecule has 1 aromatic rings. The van der Waals surface area contributed by atoms with Crippen molar-refractivity contribution in [3.05, 3.63) is 35.9 Å². The SMILES string of the molecule is COC1(C)CCCN(C(CCN)c2ccccc2)C1. The minimum absolute atomic E-state index is 0.0140. The molecule has 2 unspecified atom stereocenters. The first kappa shape index (κ1) is 14.5. The van der Waals surface area contributed by atoms with Gasteiger partial charge in [0.1, 0.15) is 0 Å². The number of hydrogen-bond donors (Lipinski definition) is 1. The zero-order valence-electron chi connectivity index (χ0n) is 12.1. The van der Waals surface area contributed by atoms with Crippen molar-refractivity contribution >= 4 is 0 Å². The van der Waals surface area contributed by atoms with Crippen LogP contribution in [0.3, 0.4) is 0 Å². The van der Waals surface area contributed by atoms with Gasteiger partial charge in [-0.25, -0.2) is 0 Å². The van der Waals surface area contributed by atoms with E-state index in [2.05, 4.69) is 42.2 Å². The van der Waals surface area contributed by atoms with Crippen LogP contribution in [0.15, 0.2) is 30.3 Å². The van der Waals surface area contributed by atoms with E-state index in [4.69, 9.17) is 10.5 Å². The van der Waals surface area contributed by atoms with E-state index in [1.54, 1.807) is 0 Å². The molecule has 0 spiro atoms. The first-order chi connectivity index (χ1) is 9.18. The summed E-state index contributed by atoms with van der Waals surface area (Å²) < 4.78 is 5.70. The molecule has 106 valence electrons. The second-order valence-electron chi connectivity index (χ2n) is 5.73. The van der Waals surface area contributed by atoms with Crippen LogP contribution in [-0.4, -0.2) is 37.2 Å². The Morgan fingerprint density at radius 1 is 1.37 bits per heavy atom. The fourth-order valence-corrected chi connectivity index (χ4v) is 3.07. The highest BCUT2D eigenvalue weighted by molar-refractivity contribution is 5.19. The quantitative estimate of drug-likeness (QED) is 0.886. The lowest BCUT2D eigenvalue weighted by molar-refractivity contribution is -0.0623. The molecule has 0 radical (unpaired) electrons. The van der Waals surface area contributed by atoms with Crippen molar-refractivity contribution in [1.82, 2.24) is 4.90 Å². The summed E-state index contributed by atoms with van der Waals surface area (Å²) in [5.41, 5.74) is 7.17. The Kier molecular flexibility index (Phi) is 4.97. The fraction of sp³-hybridized carbons (Fsp3) is 0.625. The van der Waals surface area contributed by atoms with Crippen LogP contribution in [0.5, 0.6) is 0 Å². The molecule has 0 amide bonds. The Morgan fingerprint density at radius 2 is 2.11 bits per heavy atom. The molecule has 1 saturated heterocycles. The third-order valence-electron chi connectivity index (χ3n) is 4.25. The number of methoxy groups -OCH3 is 1. The Labute approximate surface area is 116 Å². The van der Waals surface area contributed by atoms with Crippen molar-refractivity contribution in [2.24, 2.45) is 5.73 Å². The summed E-state index contributed by atoms with van der Waals surface area (Å²) in [7, 11) is 1.82. The Morgan fingerprint density at radius 3 is 2.74 bits per heavy atom. The molecule has 0 aliphatic carbocycles. The van der Waals surface area contributed by atoms with Crippen molar-refractivity contribution in [2.45, 2.75) is 37.8 Å². The van der Waals surface area contributed by atoms with E-state index in [1.807, 2.05) is 7.11 Å². The number of benzene rings is 1. The maximum atomic E-state index is 5.82. The van der Waals surface area contributed by atoms with Crippen LogP contribution in [0.1, 0.15) is 37.8 Å². The van der Waals surface area contributed by atoms with Gasteiger partial charge in [-0.1, -0.05) is 30.3 Å². The number of nitrogens with two attached hydrogens (primary N) is 1. The second kappa shape index (κ2) is 6.51. The molecular formula is C16H26N2O. The van der Waals surface area contributed by atoms with Gasteiger partial charge < -0.3 is 10.5 Å². The molecule has 1 heterocycles. The third kappa shape index (κ3) is 3.56. The summed E-state index contributed by atoms with van der Waals surface area (Å²) in [6.07, 6.45) is 3.34. The lowest BCUT2D eigenvalue weighted by Gasteiger charge is -2.43. The lowest BCUT2D eigenvalue weighted by atomic mass is 9.91.